The largest absolute Gasteiger partial charge is 0.494 e. The fourth-order valence-electron chi connectivity index (χ4n) is 4.34. The van der Waals surface area contributed by atoms with Crippen molar-refractivity contribution in [2.45, 2.75) is 103 Å². The minimum absolute atomic E-state index is 0.0106. The summed E-state index contributed by atoms with van der Waals surface area (Å²) >= 11 is 0. The van der Waals surface area contributed by atoms with Crippen molar-refractivity contribution >= 4 is 11.9 Å². The second-order valence-electron chi connectivity index (χ2n) is 9.71. The molecule has 5 nitrogen and oxygen atoms in total. The highest BCUT2D eigenvalue weighted by Crippen LogP contribution is 2.16. The number of aliphatic carboxylic acids is 1. The molecule has 0 unspecified atom stereocenters. The molecule has 2 rings (SSSR count). The fourth-order valence-corrected chi connectivity index (χ4v) is 4.34. The predicted molar refractivity (Wildman–Crippen MR) is 146 cm³/mol. The number of aryl methyl sites for hydroxylation is 1. The molecular weight excluding hydrogens is 450 g/mol. The number of carboxylic acids is 1. The number of hydrogen-bond acceptors (Lipinski definition) is 3. The van der Waals surface area contributed by atoms with E-state index in [2.05, 4.69) is 36.5 Å². The van der Waals surface area contributed by atoms with Gasteiger partial charge in [0.1, 0.15) is 5.75 Å². The van der Waals surface area contributed by atoms with Gasteiger partial charge < -0.3 is 15.2 Å². The highest BCUT2D eigenvalue weighted by Gasteiger charge is 2.15. The Morgan fingerprint density at radius 2 is 1.50 bits per heavy atom. The Morgan fingerprint density at radius 3 is 2.22 bits per heavy atom. The molecule has 0 aliphatic carbocycles. The molecule has 36 heavy (non-hydrogen) atoms. The van der Waals surface area contributed by atoms with Gasteiger partial charge in [0.25, 0.3) is 0 Å². The van der Waals surface area contributed by atoms with E-state index in [-0.39, 0.29) is 18.4 Å². The highest BCUT2D eigenvalue weighted by atomic mass is 16.5. The molecule has 0 aliphatic heterocycles. The Labute approximate surface area is 217 Å². The molecule has 0 bridgehead atoms. The maximum atomic E-state index is 12.5. The lowest BCUT2D eigenvalue weighted by Crippen LogP contribution is -2.36. The van der Waals surface area contributed by atoms with Crippen molar-refractivity contribution in [1.82, 2.24) is 5.32 Å². The lowest BCUT2D eigenvalue weighted by Gasteiger charge is -2.18. The van der Waals surface area contributed by atoms with Gasteiger partial charge in [-0.05, 0) is 61.8 Å². The molecule has 0 radical (unpaired) electrons. The van der Waals surface area contributed by atoms with Gasteiger partial charge in [-0.3, -0.25) is 9.59 Å². The Hall–Kier alpha value is -2.82. The van der Waals surface area contributed by atoms with Crippen LogP contribution < -0.4 is 10.1 Å². The zero-order valence-corrected chi connectivity index (χ0v) is 22.1. The van der Waals surface area contributed by atoms with Gasteiger partial charge in [-0.2, -0.15) is 0 Å². The lowest BCUT2D eigenvalue weighted by atomic mass is 10.0. The first-order chi connectivity index (χ1) is 17.6. The lowest BCUT2D eigenvalue weighted by molar-refractivity contribution is -0.137. The maximum Gasteiger partial charge on any atom is 0.303 e. The van der Waals surface area contributed by atoms with Gasteiger partial charge in [-0.25, -0.2) is 0 Å². The SMILES string of the molecule is CCCCCCCOc1ccc(C[C@H](CCC(=O)O)NC(=O)CCCCCCc2ccccc2)cc1. The van der Waals surface area contributed by atoms with Crippen molar-refractivity contribution in [2.24, 2.45) is 0 Å². The van der Waals surface area contributed by atoms with Crippen molar-refractivity contribution in [3.05, 3.63) is 65.7 Å². The smallest absolute Gasteiger partial charge is 0.303 e. The summed E-state index contributed by atoms with van der Waals surface area (Å²) in [5.74, 6) is 0.0273. The molecule has 0 aromatic heterocycles. The minimum Gasteiger partial charge on any atom is -0.494 e. The van der Waals surface area contributed by atoms with Crippen LogP contribution >= 0.6 is 0 Å². The first kappa shape index (κ1) is 29.4. The van der Waals surface area contributed by atoms with Crippen LogP contribution in [0.1, 0.15) is 95.1 Å². The van der Waals surface area contributed by atoms with E-state index in [9.17, 15) is 9.59 Å². The minimum atomic E-state index is -0.838. The Bertz CT molecular complexity index is 851. The molecule has 5 heteroatoms. The summed E-state index contributed by atoms with van der Waals surface area (Å²) in [4.78, 5) is 23.6. The second kappa shape index (κ2) is 18.4. The monoisotopic (exact) mass is 495 g/mol. The number of amides is 1. The molecule has 2 N–H and O–H groups in total. The number of benzene rings is 2. The molecule has 0 heterocycles. The van der Waals surface area contributed by atoms with Gasteiger partial charge in [0.15, 0.2) is 0 Å². The van der Waals surface area contributed by atoms with Crippen LogP contribution in [-0.4, -0.2) is 29.6 Å². The van der Waals surface area contributed by atoms with E-state index in [1.165, 1.54) is 31.2 Å². The van der Waals surface area contributed by atoms with Crippen molar-refractivity contribution in [3.63, 3.8) is 0 Å². The van der Waals surface area contributed by atoms with Crippen LogP contribution in [0.15, 0.2) is 54.6 Å². The molecule has 198 valence electrons. The number of hydrogen-bond donors (Lipinski definition) is 2. The normalized spacial score (nSPS) is 11.7. The Morgan fingerprint density at radius 1 is 0.806 bits per heavy atom. The first-order valence-corrected chi connectivity index (χ1v) is 13.8. The molecule has 0 spiro atoms. The van der Waals surface area contributed by atoms with Gasteiger partial charge in [0, 0.05) is 18.9 Å². The van der Waals surface area contributed by atoms with E-state index in [4.69, 9.17) is 9.84 Å². The van der Waals surface area contributed by atoms with Crippen LogP contribution in [-0.2, 0) is 22.4 Å². The number of unbranched alkanes of at least 4 members (excludes halogenated alkanes) is 7. The summed E-state index contributed by atoms with van der Waals surface area (Å²) in [6.07, 6.45) is 12.8. The molecule has 2 aromatic rings. The first-order valence-electron chi connectivity index (χ1n) is 13.8. The summed E-state index contributed by atoms with van der Waals surface area (Å²) in [6.45, 7) is 2.94. The molecule has 2 aromatic carbocycles. The van der Waals surface area contributed by atoms with E-state index in [1.54, 1.807) is 0 Å². The standard InChI is InChI=1S/C31H45NO4/c1-2-3-4-7-13-24-36-29-21-18-27(19-22-29)25-28(20-23-31(34)35)32-30(33)17-12-6-5-9-14-26-15-10-8-11-16-26/h8,10-11,15-16,18-19,21-22,28H,2-7,9,12-14,17,20,23-25H2,1H3,(H,32,33)(H,34,35)/t28-/m0/s1. The number of nitrogens with one attached hydrogen (secondary N) is 1. The van der Waals surface area contributed by atoms with Gasteiger partial charge >= 0.3 is 5.97 Å². The van der Waals surface area contributed by atoms with Crippen molar-refractivity contribution in [2.75, 3.05) is 6.61 Å². The predicted octanol–water partition coefficient (Wildman–Crippen LogP) is 7.12. The molecule has 1 atom stereocenters. The zero-order chi connectivity index (χ0) is 25.8. The van der Waals surface area contributed by atoms with Crippen LogP contribution in [0.25, 0.3) is 0 Å². The summed E-state index contributed by atoms with van der Waals surface area (Å²) < 4.78 is 5.84. The molecular formula is C31H45NO4. The van der Waals surface area contributed by atoms with Gasteiger partial charge in [0.05, 0.1) is 6.61 Å². The Kier molecular flexibility index (Phi) is 15.1. The van der Waals surface area contributed by atoms with E-state index < -0.39 is 5.97 Å². The molecule has 0 aliphatic rings. The van der Waals surface area contributed by atoms with Crippen LogP contribution in [0.3, 0.4) is 0 Å². The third kappa shape index (κ3) is 13.9. The topological polar surface area (TPSA) is 75.6 Å². The summed E-state index contributed by atoms with van der Waals surface area (Å²) in [6, 6.07) is 18.3. The molecule has 0 saturated carbocycles. The number of carbonyl (C=O) groups is 2. The van der Waals surface area contributed by atoms with Crippen LogP contribution in [0, 0.1) is 0 Å². The zero-order valence-electron chi connectivity index (χ0n) is 22.1. The van der Waals surface area contributed by atoms with Crippen molar-refractivity contribution in [3.8, 4) is 5.75 Å². The molecule has 0 saturated heterocycles. The summed E-state index contributed by atoms with van der Waals surface area (Å²) in [7, 11) is 0. The highest BCUT2D eigenvalue weighted by molar-refractivity contribution is 5.76. The summed E-state index contributed by atoms with van der Waals surface area (Å²) in [5, 5.41) is 12.2. The number of carboxylic acid groups (broad SMARTS) is 1. The van der Waals surface area contributed by atoms with Gasteiger partial charge in [-0.1, -0.05) is 87.9 Å². The third-order valence-corrected chi connectivity index (χ3v) is 6.46. The van der Waals surface area contributed by atoms with E-state index in [0.717, 1.165) is 56.4 Å². The van der Waals surface area contributed by atoms with Crippen LogP contribution in [0.4, 0.5) is 0 Å². The maximum absolute atomic E-state index is 12.5. The number of rotatable bonds is 20. The average molecular weight is 496 g/mol. The quantitative estimate of drug-likeness (QED) is 0.192. The summed E-state index contributed by atoms with van der Waals surface area (Å²) in [5.41, 5.74) is 2.43. The van der Waals surface area contributed by atoms with Gasteiger partial charge in [-0.15, -0.1) is 0 Å². The molecule has 0 fully saturated rings. The van der Waals surface area contributed by atoms with Crippen LogP contribution in [0.5, 0.6) is 5.75 Å². The van der Waals surface area contributed by atoms with Crippen molar-refractivity contribution < 1.29 is 19.4 Å². The third-order valence-electron chi connectivity index (χ3n) is 6.46. The van der Waals surface area contributed by atoms with E-state index in [0.29, 0.717) is 19.3 Å². The van der Waals surface area contributed by atoms with E-state index in [1.807, 2.05) is 30.3 Å². The van der Waals surface area contributed by atoms with Gasteiger partial charge in [0.2, 0.25) is 5.91 Å². The molecule has 1 amide bonds. The number of ether oxygens (including phenoxy) is 1. The number of carbonyl (C=O) groups excluding carboxylic acids is 1. The van der Waals surface area contributed by atoms with E-state index >= 15 is 0 Å². The average Bonchev–Trinajstić information content (AvgIpc) is 2.88. The Balaban J connectivity index is 1.69. The fraction of sp³-hybridized carbons (Fsp3) is 0.548. The van der Waals surface area contributed by atoms with Crippen molar-refractivity contribution in [1.29, 1.82) is 0 Å². The van der Waals surface area contributed by atoms with Crippen LogP contribution in [0.2, 0.25) is 0 Å². The second-order valence-corrected chi connectivity index (χ2v) is 9.71.